The second-order valence-corrected chi connectivity index (χ2v) is 5.92. The normalized spacial score (nSPS) is 11.0. The van der Waals surface area contributed by atoms with E-state index < -0.39 is 0 Å². The Bertz CT molecular complexity index is 775. The fourth-order valence-electron chi connectivity index (χ4n) is 2.57. The molecule has 0 aliphatic rings. The minimum absolute atomic E-state index is 0.0946. The van der Waals surface area contributed by atoms with Crippen molar-refractivity contribution in [3.05, 3.63) is 59.2 Å². The molecule has 2 aromatic rings. The monoisotopic (exact) mass is 340 g/mol. The Labute approximate surface area is 149 Å². The Morgan fingerprint density at radius 3 is 2.12 bits per heavy atom. The molecular weight excluding hydrogens is 316 g/mol. The maximum Gasteiger partial charge on any atom is 0.185 e. The van der Waals surface area contributed by atoms with Crippen LogP contribution in [0.25, 0.3) is 6.08 Å². The van der Waals surface area contributed by atoms with Gasteiger partial charge < -0.3 is 14.2 Å². The molecule has 0 bridgehead atoms. The number of rotatable bonds is 7. The van der Waals surface area contributed by atoms with E-state index in [9.17, 15) is 4.79 Å². The van der Waals surface area contributed by atoms with Gasteiger partial charge in [-0.3, -0.25) is 4.79 Å². The van der Waals surface area contributed by atoms with Crippen LogP contribution in [0.1, 0.15) is 41.3 Å². The highest BCUT2D eigenvalue weighted by molar-refractivity contribution is 6.07. The first-order valence-corrected chi connectivity index (χ1v) is 8.12. The number of carbonyl (C=O) groups excluding carboxylic acids is 1. The highest BCUT2D eigenvalue weighted by Crippen LogP contribution is 2.29. The van der Waals surface area contributed by atoms with E-state index in [0.717, 1.165) is 16.9 Å². The topological polar surface area (TPSA) is 44.8 Å². The molecule has 132 valence electrons. The Balaban J connectivity index is 2.24. The van der Waals surface area contributed by atoms with Crippen molar-refractivity contribution in [2.24, 2.45) is 0 Å². The van der Waals surface area contributed by atoms with Crippen molar-refractivity contribution in [3.8, 4) is 17.2 Å². The Hall–Kier alpha value is -2.75. The molecule has 0 heterocycles. The predicted octanol–water partition coefficient (Wildman–Crippen LogP) is 4.73. The molecule has 25 heavy (non-hydrogen) atoms. The molecule has 4 nitrogen and oxygen atoms in total. The summed E-state index contributed by atoms with van der Waals surface area (Å²) in [6.07, 6.45) is 3.37. The average molecular weight is 340 g/mol. The maximum atomic E-state index is 12.4. The van der Waals surface area contributed by atoms with Gasteiger partial charge in [-0.2, -0.15) is 0 Å². The second-order valence-electron chi connectivity index (χ2n) is 5.92. The Morgan fingerprint density at radius 2 is 1.52 bits per heavy atom. The number of benzene rings is 2. The molecule has 0 aliphatic heterocycles. The number of hydrogen-bond acceptors (Lipinski definition) is 4. The summed E-state index contributed by atoms with van der Waals surface area (Å²) in [5, 5.41) is 0. The largest absolute Gasteiger partial charge is 0.496 e. The van der Waals surface area contributed by atoms with Crippen LogP contribution in [0.5, 0.6) is 17.2 Å². The molecule has 0 N–H and O–H groups in total. The number of carbonyl (C=O) groups is 1. The van der Waals surface area contributed by atoms with Gasteiger partial charge in [-0.15, -0.1) is 0 Å². The smallest absolute Gasteiger partial charge is 0.185 e. The molecule has 0 saturated carbocycles. The fraction of sp³-hybridized carbons (Fsp3) is 0.286. The maximum absolute atomic E-state index is 12.4. The highest BCUT2D eigenvalue weighted by Gasteiger charge is 2.10. The van der Waals surface area contributed by atoms with Crippen LogP contribution in [0.15, 0.2) is 42.5 Å². The molecule has 4 heteroatoms. The van der Waals surface area contributed by atoms with Gasteiger partial charge in [0.1, 0.15) is 5.75 Å². The number of hydrogen-bond donors (Lipinski definition) is 0. The molecule has 0 fully saturated rings. The summed E-state index contributed by atoms with van der Waals surface area (Å²) in [5.41, 5.74) is 2.62. The van der Waals surface area contributed by atoms with E-state index in [4.69, 9.17) is 14.2 Å². The number of methoxy groups -OCH3 is 3. The standard InChI is InChI=1S/C21H24O4/c1-14(2)17-12-15(7-10-19(17)23-3)6-9-18(22)16-8-11-20(24-4)21(13-16)25-5/h6-14H,1-5H3/b9-6+. The van der Waals surface area contributed by atoms with E-state index in [-0.39, 0.29) is 5.78 Å². The lowest BCUT2D eigenvalue weighted by Gasteiger charge is -2.12. The van der Waals surface area contributed by atoms with Crippen LogP contribution in [-0.2, 0) is 0 Å². The first kappa shape index (κ1) is 18.6. The van der Waals surface area contributed by atoms with Crippen molar-refractivity contribution in [1.82, 2.24) is 0 Å². The number of ketones is 1. The minimum Gasteiger partial charge on any atom is -0.496 e. The molecule has 0 aliphatic carbocycles. The number of ether oxygens (including phenoxy) is 3. The Kier molecular flexibility index (Phi) is 6.23. The molecule has 0 amide bonds. The quantitative estimate of drug-likeness (QED) is 0.540. The second kappa shape index (κ2) is 8.38. The lowest BCUT2D eigenvalue weighted by Crippen LogP contribution is -1.98. The summed E-state index contributed by atoms with van der Waals surface area (Å²) >= 11 is 0. The first-order chi connectivity index (χ1) is 12.0. The van der Waals surface area contributed by atoms with Crippen molar-refractivity contribution in [3.63, 3.8) is 0 Å². The van der Waals surface area contributed by atoms with Crippen molar-refractivity contribution < 1.29 is 19.0 Å². The van der Waals surface area contributed by atoms with Gasteiger partial charge >= 0.3 is 0 Å². The van der Waals surface area contributed by atoms with Crippen LogP contribution in [0, 0.1) is 0 Å². The van der Waals surface area contributed by atoms with Gasteiger partial charge in [-0.05, 0) is 53.5 Å². The van der Waals surface area contributed by atoms with Gasteiger partial charge in [0.05, 0.1) is 21.3 Å². The fourth-order valence-corrected chi connectivity index (χ4v) is 2.57. The summed E-state index contributed by atoms with van der Waals surface area (Å²) in [6, 6.07) is 11.0. The summed E-state index contributed by atoms with van der Waals surface area (Å²) in [7, 11) is 4.78. The van der Waals surface area contributed by atoms with E-state index in [0.29, 0.717) is 23.0 Å². The molecule has 2 rings (SSSR count). The third-order valence-electron chi connectivity index (χ3n) is 3.97. The molecule has 0 saturated heterocycles. The number of allylic oxidation sites excluding steroid dienone is 1. The molecule has 0 atom stereocenters. The molecule has 0 spiro atoms. The van der Waals surface area contributed by atoms with Gasteiger partial charge in [0.2, 0.25) is 0 Å². The molecule has 0 aromatic heterocycles. The van der Waals surface area contributed by atoms with Crippen molar-refractivity contribution in [2.75, 3.05) is 21.3 Å². The van der Waals surface area contributed by atoms with E-state index in [2.05, 4.69) is 13.8 Å². The summed E-state index contributed by atoms with van der Waals surface area (Å²) in [5.74, 6) is 2.24. The van der Waals surface area contributed by atoms with Crippen molar-refractivity contribution in [1.29, 1.82) is 0 Å². The zero-order valence-corrected chi connectivity index (χ0v) is 15.3. The van der Waals surface area contributed by atoms with E-state index >= 15 is 0 Å². The van der Waals surface area contributed by atoms with Gasteiger partial charge in [0, 0.05) is 5.56 Å². The van der Waals surface area contributed by atoms with E-state index in [1.54, 1.807) is 45.6 Å². The molecule has 2 aromatic carbocycles. The van der Waals surface area contributed by atoms with Gasteiger partial charge in [-0.1, -0.05) is 26.0 Å². The summed E-state index contributed by atoms with van der Waals surface area (Å²) < 4.78 is 15.8. The molecule has 0 unspecified atom stereocenters. The van der Waals surface area contributed by atoms with Gasteiger partial charge in [-0.25, -0.2) is 0 Å². The zero-order chi connectivity index (χ0) is 18.4. The van der Waals surface area contributed by atoms with Crippen LogP contribution >= 0.6 is 0 Å². The molecular formula is C21H24O4. The predicted molar refractivity (Wildman–Crippen MR) is 100.0 cm³/mol. The van der Waals surface area contributed by atoms with E-state index in [1.807, 2.05) is 24.3 Å². The highest BCUT2D eigenvalue weighted by atomic mass is 16.5. The average Bonchev–Trinajstić information content (AvgIpc) is 2.65. The van der Waals surface area contributed by atoms with Crippen LogP contribution < -0.4 is 14.2 Å². The van der Waals surface area contributed by atoms with Crippen molar-refractivity contribution in [2.45, 2.75) is 19.8 Å². The summed E-state index contributed by atoms with van der Waals surface area (Å²) in [4.78, 5) is 12.4. The van der Waals surface area contributed by atoms with Crippen molar-refractivity contribution >= 4 is 11.9 Å². The lowest BCUT2D eigenvalue weighted by molar-refractivity contribution is 0.104. The lowest BCUT2D eigenvalue weighted by atomic mass is 9.99. The van der Waals surface area contributed by atoms with Gasteiger partial charge in [0.25, 0.3) is 0 Å². The minimum atomic E-state index is -0.0946. The van der Waals surface area contributed by atoms with Crippen LogP contribution in [-0.4, -0.2) is 27.1 Å². The van der Waals surface area contributed by atoms with Crippen LogP contribution in [0.4, 0.5) is 0 Å². The third-order valence-corrected chi connectivity index (χ3v) is 3.97. The Morgan fingerprint density at radius 1 is 0.880 bits per heavy atom. The molecule has 0 radical (unpaired) electrons. The zero-order valence-electron chi connectivity index (χ0n) is 15.3. The van der Waals surface area contributed by atoms with Crippen LogP contribution in [0.3, 0.4) is 0 Å². The van der Waals surface area contributed by atoms with Gasteiger partial charge in [0.15, 0.2) is 17.3 Å². The SMILES string of the molecule is COc1ccc(C(=O)/C=C/c2ccc(OC)c(C(C)C)c2)cc1OC. The first-order valence-electron chi connectivity index (χ1n) is 8.12. The van der Waals surface area contributed by atoms with Crippen LogP contribution in [0.2, 0.25) is 0 Å². The van der Waals surface area contributed by atoms with E-state index in [1.165, 1.54) is 0 Å². The summed E-state index contributed by atoms with van der Waals surface area (Å²) in [6.45, 7) is 4.22. The third kappa shape index (κ3) is 4.41.